The van der Waals surface area contributed by atoms with Crippen molar-refractivity contribution in [2.75, 3.05) is 0 Å². The van der Waals surface area contributed by atoms with Crippen molar-refractivity contribution in [3.63, 3.8) is 0 Å². The number of carbonyl (C=O) groups is 1. The average Bonchev–Trinajstić information content (AvgIpc) is 2.22. The summed E-state index contributed by atoms with van der Waals surface area (Å²) >= 11 is 5.29. The zero-order chi connectivity index (χ0) is 11.8. The first-order valence-corrected chi connectivity index (χ1v) is 4.73. The van der Waals surface area contributed by atoms with E-state index in [-0.39, 0.29) is 24.4 Å². The molecule has 16 heavy (non-hydrogen) atoms. The number of hydrogen-bond donors (Lipinski definition) is 1. The predicted octanol–water partition coefficient (Wildman–Crippen LogP) is 0.197. The first-order chi connectivity index (χ1) is 7.04. The Bertz CT molecular complexity index is 335. The second-order valence-corrected chi connectivity index (χ2v) is 3.02. The normalized spacial score (nSPS) is 8.50. The largest absolute Gasteiger partial charge is 1.00 e. The van der Waals surface area contributed by atoms with Crippen LogP contribution >= 0.6 is 11.6 Å². The molecule has 0 saturated carbocycles. The maximum absolute atomic E-state index is 12.5. The average molecular weight is 240 g/mol. The van der Waals surface area contributed by atoms with Crippen LogP contribution in [-0.4, -0.2) is 16.1 Å². The van der Waals surface area contributed by atoms with Gasteiger partial charge in [-0.1, -0.05) is 24.9 Å². The molecule has 0 aliphatic heterocycles. The Kier molecular flexibility index (Phi) is 10.7. The molecule has 1 aromatic heterocycles. The van der Waals surface area contributed by atoms with E-state index in [0.717, 1.165) is 18.8 Å². The number of unbranched alkanes of at least 4 members (excludes halogenated alkanes) is 1. The van der Waals surface area contributed by atoms with E-state index in [1.807, 2.05) is 0 Å². The summed E-state index contributed by atoms with van der Waals surface area (Å²) in [5.41, 5.74) is -0.327. The van der Waals surface area contributed by atoms with E-state index < -0.39 is 16.8 Å². The van der Waals surface area contributed by atoms with E-state index in [1.54, 1.807) is 0 Å². The molecule has 0 saturated heterocycles. The number of nitrogens with zero attached hydrogens (tertiary/aromatic N) is 1. The maximum Gasteiger partial charge on any atom is 1.00 e. The minimum atomic E-state index is -1.29. The summed E-state index contributed by atoms with van der Waals surface area (Å²) in [6, 6.07) is 0. The molecule has 1 aromatic rings. The summed E-state index contributed by atoms with van der Waals surface area (Å²) in [6.45, 7) is 5.72. The van der Waals surface area contributed by atoms with Gasteiger partial charge in [0.25, 0.3) is 0 Å². The molecule has 0 atom stereocenters. The van der Waals surface area contributed by atoms with Gasteiger partial charge in [0.05, 0.1) is 16.8 Å². The van der Waals surface area contributed by atoms with Gasteiger partial charge in [0.1, 0.15) is 0 Å². The number of halogens is 2. The maximum atomic E-state index is 12.5. The van der Waals surface area contributed by atoms with Crippen LogP contribution in [0.5, 0.6) is 0 Å². The number of rotatable bonds is 2. The van der Waals surface area contributed by atoms with Crippen LogP contribution in [0, 0.1) is 12.7 Å². The van der Waals surface area contributed by atoms with Gasteiger partial charge >= 0.3 is 24.8 Å². The molecule has 0 aliphatic rings. The third-order valence-electron chi connectivity index (χ3n) is 1.42. The van der Waals surface area contributed by atoms with Crippen LogP contribution in [0.25, 0.3) is 0 Å². The Balaban J connectivity index is 0. The smallest absolute Gasteiger partial charge is 0.478 e. The Morgan fingerprint density at radius 3 is 2.44 bits per heavy atom. The third-order valence-corrected chi connectivity index (χ3v) is 1.81. The van der Waals surface area contributed by atoms with Crippen LogP contribution in [0.2, 0.25) is 5.02 Å². The molecule has 0 aromatic carbocycles. The van der Waals surface area contributed by atoms with Crippen molar-refractivity contribution >= 4 is 17.6 Å². The van der Waals surface area contributed by atoms with Gasteiger partial charge in [-0.25, -0.2) is 9.18 Å². The zero-order valence-corrected chi connectivity index (χ0v) is 10.1. The molecule has 0 radical (unpaired) electrons. The van der Waals surface area contributed by atoms with E-state index in [0.29, 0.717) is 0 Å². The molecule has 0 unspecified atom stereocenters. The molecule has 0 fully saturated rings. The molecule has 84 valence electrons. The van der Waals surface area contributed by atoms with Gasteiger partial charge < -0.3 is 12.0 Å². The first kappa shape index (κ1) is 17.8. The van der Waals surface area contributed by atoms with Gasteiger partial charge in [0.15, 0.2) is 5.82 Å². The minimum Gasteiger partial charge on any atom is -0.478 e. The summed E-state index contributed by atoms with van der Waals surface area (Å²) in [7, 11) is 0. The van der Waals surface area contributed by atoms with Crippen LogP contribution in [-0.2, 0) is 0 Å². The summed E-state index contributed by atoms with van der Waals surface area (Å²) in [5.74, 6) is -2.12. The minimum absolute atomic E-state index is 0. The van der Waals surface area contributed by atoms with Gasteiger partial charge in [-0.15, -0.1) is 0 Å². The van der Waals surface area contributed by atoms with E-state index in [2.05, 4.69) is 18.8 Å². The summed E-state index contributed by atoms with van der Waals surface area (Å²) in [4.78, 5) is 13.6. The second kappa shape index (κ2) is 9.65. The zero-order valence-electron chi connectivity index (χ0n) is 9.33. The van der Waals surface area contributed by atoms with Gasteiger partial charge in [-0.3, -0.25) is 4.98 Å². The quantitative estimate of drug-likeness (QED) is 0.592. The number of aromatic carboxylic acids is 1. The fourth-order valence-corrected chi connectivity index (χ4v) is 0.747. The standard InChI is InChI=1S/C6H3ClFNO2.C4H9.Li/c7-5-3(6(10)11)1-9-2-4(5)8;1-3-4-2;/h1-2H,(H,10,11);1,3-4H2,2H3;/q;-1;+1. The van der Waals surface area contributed by atoms with Crippen molar-refractivity contribution in [2.45, 2.75) is 19.8 Å². The molecule has 0 amide bonds. The number of carboxylic acid groups (broad SMARTS) is 1. The topological polar surface area (TPSA) is 50.2 Å². The van der Waals surface area contributed by atoms with E-state index in [1.165, 1.54) is 6.42 Å². The Hall–Kier alpha value is -0.563. The molecule has 3 nitrogen and oxygen atoms in total. The molecule has 6 heteroatoms. The van der Waals surface area contributed by atoms with Gasteiger partial charge in [0, 0.05) is 6.20 Å². The second-order valence-electron chi connectivity index (χ2n) is 2.64. The van der Waals surface area contributed by atoms with Crippen molar-refractivity contribution in [2.24, 2.45) is 0 Å². The fourth-order valence-electron chi connectivity index (χ4n) is 0.568. The Labute approximate surface area is 111 Å². The predicted molar refractivity (Wildman–Crippen MR) is 56.4 cm³/mol. The molecule has 0 spiro atoms. The van der Waals surface area contributed by atoms with Crippen LogP contribution in [0.15, 0.2) is 12.4 Å². The molecular weight excluding hydrogens is 228 g/mol. The SMILES string of the molecule is O=C(O)c1cncc(F)c1Cl.[CH2-]CCC.[Li+]. The van der Waals surface area contributed by atoms with Crippen LogP contribution in [0.4, 0.5) is 4.39 Å². The van der Waals surface area contributed by atoms with Crippen LogP contribution in [0.1, 0.15) is 30.1 Å². The summed E-state index contributed by atoms with van der Waals surface area (Å²) in [5, 5.41) is 7.99. The van der Waals surface area contributed by atoms with Crippen molar-refractivity contribution in [3.05, 3.63) is 35.7 Å². The molecule has 1 rings (SSSR count). The number of carboxylic acids is 1. The Morgan fingerprint density at radius 2 is 2.12 bits per heavy atom. The van der Waals surface area contributed by atoms with E-state index in [4.69, 9.17) is 16.7 Å². The van der Waals surface area contributed by atoms with Gasteiger partial charge in [0.2, 0.25) is 0 Å². The Morgan fingerprint density at radius 1 is 1.62 bits per heavy atom. The number of pyridine rings is 1. The van der Waals surface area contributed by atoms with Crippen molar-refractivity contribution in [3.8, 4) is 0 Å². The summed E-state index contributed by atoms with van der Waals surface area (Å²) < 4.78 is 12.5. The van der Waals surface area contributed by atoms with E-state index >= 15 is 0 Å². The van der Waals surface area contributed by atoms with E-state index in [9.17, 15) is 9.18 Å². The molecular formula is C10H12ClFLiNO2. The number of aromatic nitrogens is 1. The van der Waals surface area contributed by atoms with Crippen molar-refractivity contribution in [1.29, 1.82) is 0 Å². The monoisotopic (exact) mass is 239 g/mol. The molecule has 1 N–H and O–H groups in total. The van der Waals surface area contributed by atoms with Gasteiger partial charge in [-0.05, 0) is 0 Å². The van der Waals surface area contributed by atoms with Crippen molar-refractivity contribution in [1.82, 2.24) is 4.98 Å². The van der Waals surface area contributed by atoms with Gasteiger partial charge in [-0.2, -0.15) is 6.42 Å². The molecule has 1 heterocycles. The third kappa shape index (κ3) is 6.11. The fraction of sp³-hybridized carbons (Fsp3) is 0.300. The first-order valence-electron chi connectivity index (χ1n) is 4.36. The van der Waals surface area contributed by atoms with Crippen molar-refractivity contribution < 1.29 is 33.2 Å². The molecule has 0 aliphatic carbocycles. The van der Waals surface area contributed by atoms with Crippen LogP contribution in [0.3, 0.4) is 0 Å². The molecule has 0 bridgehead atoms. The number of hydrogen-bond acceptors (Lipinski definition) is 2. The summed E-state index contributed by atoms with van der Waals surface area (Å²) in [6.07, 6.45) is 4.13. The van der Waals surface area contributed by atoms with Crippen LogP contribution < -0.4 is 18.9 Å².